The molecule has 0 radical (unpaired) electrons. The molecule has 2 atom stereocenters. The number of hydrogen-bond acceptors (Lipinski definition) is 13. The van der Waals surface area contributed by atoms with Gasteiger partial charge in [-0.2, -0.15) is 0 Å². The fourth-order valence-corrected chi connectivity index (χ4v) is 10.8. The molecular weight excluding hydrogens is 1080 g/mol. The Morgan fingerprint density at radius 2 is 1.27 bits per heavy atom. The number of esters is 1. The highest BCUT2D eigenvalue weighted by atomic mass is 32.1. The number of hydrogen-bond donors (Lipinski definition) is 8. The summed E-state index contributed by atoms with van der Waals surface area (Å²) < 4.78 is 45.5. The molecule has 17 nitrogen and oxygen atoms in total. The highest BCUT2D eigenvalue weighted by molar-refractivity contribution is 7.80. The summed E-state index contributed by atoms with van der Waals surface area (Å²) >= 11 is 5.52. The van der Waals surface area contributed by atoms with Crippen molar-refractivity contribution in [2.75, 3.05) is 63.4 Å². The molecule has 0 saturated heterocycles. The first-order valence-electron chi connectivity index (χ1n) is 27.8. The topological polar surface area (TPSA) is 231 Å². The molecule has 9 rings (SSSR count). The smallest absolute Gasteiger partial charge is 0.340 e. The lowest BCUT2D eigenvalue weighted by molar-refractivity contribution is -0.123. The molecule has 8 N–H and O–H groups in total. The number of nitrogens with one attached hydrogen (secondary N) is 4. The van der Waals surface area contributed by atoms with Gasteiger partial charge in [-0.25, -0.2) is 9.18 Å². The summed E-state index contributed by atoms with van der Waals surface area (Å²) in [5.74, 6) is -1.19. The third-order valence-electron chi connectivity index (χ3n) is 14.3. The normalized spacial score (nSPS) is 13.5. The van der Waals surface area contributed by atoms with E-state index in [1.165, 1.54) is 36.4 Å². The molecule has 2 unspecified atom stereocenters. The summed E-state index contributed by atoms with van der Waals surface area (Å²) in [5.41, 5.74) is 5.94. The Morgan fingerprint density at radius 1 is 0.675 bits per heavy atom. The van der Waals surface area contributed by atoms with Gasteiger partial charge < -0.3 is 69.9 Å². The van der Waals surface area contributed by atoms with Crippen LogP contribution < -0.4 is 26.0 Å². The maximum atomic E-state index is 14.4. The van der Waals surface area contributed by atoms with Crippen LogP contribution in [0.3, 0.4) is 0 Å². The largest absolute Gasteiger partial charge is 0.508 e. The number of aromatic nitrogens is 1. The van der Waals surface area contributed by atoms with Crippen LogP contribution in [0.1, 0.15) is 95.0 Å². The Hall–Kier alpha value is -8.17. The van der Waals surface area contributed by atoms with Crippen LogP contribution in [-0.4, -0.2) is 113 Å². The van der Waals surface area contributed by atoms with Gasteiger partial charge in [0.2, 0.25) is 5.91 Å². The van der Waals surface area contributed by atoms with E-state index in [9.17, 15) is 39.2 Å². The van der Waals surface area contributed by atoms with Crippen molar-refractivity contribution in [2.45, 2.75) is 76.2 Å². The van der Waals surface area contributed by atoms with Crippen LogP contribution in [0.5, 0.6) is 23.0 Å². The first-order chi connectivity index (χ1) is 40.2. The summed E-state index contributed by atoms with van der Waals surface area (Å²) in [4.78, 5) is 40.6. The van der Waals surface area contributed by atoms with Crippen LogP contribution in [0.4, 0.5) is 15.8 Å². The highest BCUT2D eigenvalue weighted by Crippen LogP contribution is 2.57. The number of aliphatic hydroxyl groups is 2. The van der Waals surface area contributed by atoms with Gasteiger partial charge in [0.25, 0.3) is 5.91 Å². The van der Waals surface area contributed by atoms with Gasteiger partial charge in [0.15, 0.2) is 10.7 Å². The molecule has 2 aliphatic heterocycles. The zero-order chi connectivity index (χ0) is 58.5. The minimum absolute atomic E-state index is 0.0249. The number of rotatable bonds is 27. The number of ether oxygens (including phenoxy) is 5. The Kier molecular flexibility index (Phi) is 19.9. The van der Waals surface area contributed by atoms with Gasteiger partial charge in [-0.3, -0.25) is 9.59 Å². The lowest BCUT2D eigenvalue weighted by Crippen LogP contribution is -2.33. The molecular formula is C64H68FN5O12S. The third kappa shape index (κ3) is 14.4. The molecule has 1 aromatic heterocycles. The monoisotopic (exact) mass is 1150 g/mol. The number of phenols is 2. The molecule has 3 heterocycles. The van der Waals surface area contributed by atoms with Crippen molar-refractivity contribution in [2.24, 2.45) is 0 Å². The number of amides is 2. The zero-order valence-corrected chi connectivity index (χ0v) is 47.0. The fraction of sp³-hybridized carbons (Fsp3) is 0.312. The average molecular weight is 1150 g/mol. The summed E-state index contributed by atoms with van der Waals surface area (Å²) in [6.07, 6.45) is -0.897. The first kappa shape index (κ1) is 59.5. The second-order valence-electron chi connectivity index (χ2n) is 20.6. The predicted octanol–water partition coefficient (Wildman–Crippen LogP) is 10.1. The molecule has 7 aromatic rings. The molecule has 2 aliphatic rings. The molecule has 0 fully saturated rings. The van der Waals surface area contributed by atoms with E-state index in [4.69, 9.17) is 35.9 Å². The van der Waals surface area contributed by atoms with Gasteiger partial charge in [-0.15, -0.1) is 0 Å². The Balaban J connectivity index is 0.640. The van der Waals surface area contributed by atoms with Gasteiger partial charge >= 0.3 is 5.97 Å². The number of halogens is 1. The second-order valence-corrected chi connectivity index (χ2v) is 21.0. The summed E-state index contributed by atoms with van der Waals surface area (Å²) in [6, 6.07) is 39.4. The lowest BCUT2D eigenvalue weighted by Gasteiger charge is -2.36. The Labute approximate surface area is 486 Å². The van der Waals surface area contributed by atoms with Crippen molar-refractivity contribution in [3.05, 3.63) is 179 Å². The maximum absolute atomic E-state index is 14.4. The van der Waals surface area contributed by atoms with E-state index < -0.39 is 29.6 Å². The molecule has 19 heteroatoms. The second kappa shape index (κ2) is 27.7. The van der Waals surface area contributed by atoms with Crippen molar-refractivity contribution < 1.29 is 62.9 Å². The molecule has 434 valence electrons. The summed E-state index contributed by atoms with van der Waals surface area (Å²) in [7, 11) is 0. The molecule has 0 saturated carbocycles. The number of para-hydroxylation sites is 1. The number of carbonyl (C=O) groups is 3. The molecule has 83 heavy (non-hydrogen) atoms. The molecule has 0 aliphatic carbocycles. The van der Waals surface area contributed by atoms with E-state index in [-0.39, 0.29) is 55.0 Å². The fourth-order valence-electron chi connectivity index (χ4n) is 10.6. The molecule has 6 aromatic carbocycles. The van der Waals surface area contributed by atoms with Crippen LogP contribution >= 0.6 is 12.2 Å². The third-order valence-corrected chi connectivity index (χ3v) is 14.5. The van der Waals surface area contributed by atoms with Crippen molar-refractivity contribution in [1.82, 2.24) is 15.2 Å². The molecule has 1 spiro atoms. The standard InChI is InChI=1S/C64H68FN5O12S/c1-40(2)59-58(61(76)68-44-13-7-4-8-14-44)57(41-11-5-3-6-12-41)60(42-15-17-43(65)18-16-42)70(59)28-25-48(73)36-49(74)39-56(75)66-26-9-29-78-31-33-80-34-32-79-30-10-27-67-63(83)69-45-19-22-51-50(35-45)62(77)82-64(51)52-23-20-46(71)37-54(52)81-55-38-47(72)21-24-53(55)64/h3-8,11-24,35,37-38,40,48-49,71-74H,9-10,25-34,36,39H2,1-2H3,(H,66,75)(H,68,76)(H2,67,69,83). The molecule has 0 bridgehead atoms. The quantitative estimate of drug-likeness (QED) is 0.0136. The number of phenolic OH excluding ortho intramolecular Hbond substituents is 2. The number of aliphatic hydroxyl groups excluding tert-OH is 2. The van der Waals surface area contributed by atoms with Crippen molar-refractivity contribution in [1.29, 1.82) is 0 Å². The minimum Gasteiger partial charge on any atom is -0.508 e. The van der Waals surface area contributed by atoms with Crippen molar-refractivity contribution in [3.8, 4) is 45.4 Å². The number of aromatic hydroxyl groups is 2. The average Bonchev–Trinajstić information content (AvgIpc) is 2.20. The maximum Gasteiger partial charge on any atom is 0.340 e. The van der Waals surface area contributed by atoms with E-state index in [1.54, 1.807) is 42.5 Å². The van der Waals surface area contributed by atoms with Crippen LogP contribution in [0, 0.1) is 5.82 Å². The van der Waals surface area contributed by atoms with E-state index >= 15 is 0 Å². The number of fused-ring (bicyclic) bond motifs is 6. The summed E-state index contributed by atoms with van der Waals surface area (Å²) in [5, 5.41) is 55.1. The SMILES string of the molecule is CC(C)c1c(C(=O)Nc2ccccc2)c(-c2ccccc2)c(-c2ccc(F)cc2)n1CCC(O)CC(O)CC(=O)NCCCOCCOCCOCCCNC(=S)Nc1ccc2c(c1)C(=O)OC21c2ccc(O)cc2Oc2cc(O)ccc21. The number of benzene rings is 6. The van der Waals surface area contributed by atoms with E-state index in [0.717, 1.165) is 11.3 Å². The van der Waals surface area contributed by atoms with Crippen LogP contribution in [0.2, 0.25) is 0 Å². The number of nitrogens with zero attached hydrogens (tertiary/aromatic N) is 1. The highest BCUT2D eigenvalue weighted by Gasteiger charge is 2.54. The van der Waals surface area contributed by atoms with Crippen LogP contribution in [0.25, 0.3) is 22.4 Å². The van der Waals surface area contributed by atoms with E-state index in [1.807, 2.05) is 79.1 Å². The summed E-state index contributed by atoms with van der Waals surface area (Å²) in [6.45, 7) is 7.52. The number of carbonyl (C=O) groups excluding carboxylic acids is 3. The van der Waals surface area contributed by atoms with Crippen LogP contribution in [-0.2, 0) is 35.9 Å². The van der Waals surface area contributed by atoms with E-state index in [0.29, 0.717) is 138 Å². The number of anilines is 2. The van der Waals surface area contributed by atoms with Crippen LogP contribution in [0.15, 0.2) is 140 Å². The van der Waals surface area contributed by atoms with Gasteiger partial charge in [0, 0.05) is 84.3 Å². The first-order valence-corrected chi connectivity index (χ1v) is 28.2. The van der Waals surface area contributed by atoms with E-state index in [2.05, 4.69) is 21.3 Å². The van der Waals surface area contributed by atoms with Gasteiger partial charge in [-0.1, -0.05) is 68.4 Å². The van der Waals surface area contributed by atoms with Gasteiger partial charge in [-0.05, 0) is 128 Å². The Bertz CT molecular complexity index is 3350. The Morgan fingerprint density at radius 3 is 1.89 bits per heavy atom. The minimum atomic E-state index is -1.36. The predicted molar refractivity (Wildman–Crippen MR) is 317 cm³/mol. The van der Waals surface area contributed by atoms with Gasteiger partial charge in [0.05, 0.1) is 61.9 Å². The van der Waals surface area contributed by atoms with Crippen molar-refractivity contribution >= 4 is 46.5 Å². The van der Waals surface area contributed by atoms with Gasteiger partial charge in [0.1, 0.15) is 28.8 Å². The lowest BCUT2D eigenvalue weighted by atomic mass is 9.77. The number of thiocarbonyl (C=S) groups is 1. The zero-order valence-electron chi connectivity index (χ0n) is 46.2. The molecule has 2 amide bonds. The van der Waals surface area contributed by atoms with Crippen molar-refractivity contribution in [3.63, 3.8) is 0 Å².